The highest BCUT2D eigenvalue weighted by atomic mass is 16.5. The number of nitrogens with zero attached hydrogens (tertiary/aromatic N) is 3. The maximum Gasteiger partial charge on any atom is 0.227 e. The molecule has 1 aromatic carbocycles. The van der Waals surface area contributed by atoms with Gasteiger partial charge >= 0.3 is 0 Å². The molecule has 4 rings (SSSR count). The zero-order chi connectivity index (χ0) is 16.5. The molecule has 0 spiro atoms. The van der Waals surface area contributed by atoms with E-state index in [0.717, 1.165) is 22.9 Å². The summed E-state index contributed by atoms with van der Waals surface area (Å²) in [5.74, 6) is 0.780. The Bertz CT molecular complexity index is 842. The van der Waals surface area contributed by atoms with Gasteiger partial charge in [-0.1, -0.05) is 18.2 Å². The van der Waals surface area contributed by atoms with Gasteiger partial charge in [-0.05, 0) is 11.6 Å². The Hall–Kier alpha value is -2.67. The van der Waals surface area contributed by atoms with Gasteiger partial charge in [-0.3, -0.25) is 9.89 Å². The van der Waals surface area contributed by atoms with Crippen LogP contribution in [0.4, 0.5) is 0 Å². The summed E-state index contributed by atoms with van der Waals surface area (Å²) >= 11 is 0. The second-order valence-corrected chi connectivity index (χ2v) is 6.06. The Morgan fingerprint density at radius 2 is 2.29 bits per heavy atom. The fraction of sp³-hybridized carbons (Fsp3) is 0.353. The van der Waals surface area contributed by atoms with Crippen LogP contribution in [0.25, 0.3) is 10.9 Å². The van der Waals surface area contributed by atoms with Crippen molar-refractivity contribution in [2.24, 2.45) is 0 Å². The first-order chi connectivity index (χ1) is 11.8. The monoisotopic (exact) mass is 325 g/mol. The molecule has 7 heteroatoms. The first-order valence-electron chi connectivity index (χ1n) is 7.98. The van der Waals surface area contributed by atoms with E-state index in [4.69, 9.17) is 4.74 Å². The highest BCUT2D eigenvalue weighted by Crippen LogP contribution is 2.32. The number of amides is 1. The molecule has 0 saturated carbocycles. The molecule has 1 amide bonds. The largest absolute Gasteiger partial charge is 0.380 e. The molecule has 2 N–H and O–H groups in total. The normalized spacial score (nSPS) is 20.8. The van der Waals surface area contributed by atoms with E-state index in [1.807, 2.05) is 35.4 Å². The molecule has 0 bridgehead atoms. The van der Waals surface area contributed by atoms with E-state index in [2.05, 4.69) is 20.2 Å². The predicted molar refractivity (Wildman–Crippen MR) is 88.3 cm³/mol. The van der Waals surface area contributed by atoms with Gasteiger partial charge in [-0.2, -0.15) is 5.10 Å². The number of aromatic nitrogens is 4. The van der Waals surface area contributed by atoms with Crippen LogP contribution >= 0.6 is 0 Å². The lowest BCUT2D eigenvalue weighted by atomic mass is 10.1. The van der Waals surface area contributed by atoms with Crippen molar-refractivity contribution in [1.82, 2.24) is 25.1 Å². The Morgan fingerprint density at radius 3 is 3.08 bits per heavy atom. The number of benzene rings is 1. The van der Waals surface area contributed by atoms with Crippen LogP contribution in [0.5, 0.6) is 0 Å². The van der Waals surface area contributed by atoms with Gasteiger partial charge in [-0.25, -0.2) is 4.98 Å². The van der Waals surface area contributed by atoms with E-state index in [-0.39, 0.29) is 18.1 Å². The van der Waals surface area contributed by atoms with Gasteiger partial charge in [0.05, 0.1) is 18.6 Å². The summed E-state index contributed by atoms with van der Waals surface area (Å²) in [5.41, 5.74) is 2.05. The Morgan fingerprint density at radius 1 is 1.42 bits per heavy atom. The van der Waals surface area contributed by atoms with Crippen LogP contribution in [-0.4, -0.2) is 50.7 Å². The highest BCUT2D eigenvalue weighted by Gasteiger charge is 2.37. The van der Waals surface area contributed by atoms with Gasteiger partial charge in [0.1, 0.15) is 12.2 Å². The summed E-state index contributed by atoms with van der Waals surface area (Å²) in [7, 11) is 1.68. The third-order valence-corrected chi connectivity index (χ3v) is 4.68. The minimum Gasteiger partial charge on any atom is -0.380 e. The van der Waals surface area contributed by atoms with Crippen molar-refractivity contribution in [3.8, 4) is 0 Å². The second-order valence-electron chi connectivity index (χ2n) is 6.06. The predicted octanol–water partition coefficient (Wildman–Crippen LogP) is 1.82. The van der Waals surface area contributed by atoms with Crippen molar-refractivity contribution in [1.29, 1.82) is 0 Å². The first-order valence-corrected chi connectivity index (χ1v) is 7.98. The van der Waals surface area contributed by atoms with Crippen LogP contribution in [0, 0.1) is 0 Å². The molecule has 3 heterocycles. The van der Waals surface area contributed by atoms with Crippen molar-refractivity contribution in [3.05, 3.63) is 48.2 Å². The molecule has 124 valence electrons. The summed E-state index contributed by atoms with van der Waals surface area (Å²) in [6.07, 6.45) is 4.48. The molecule has 3 aromatic rings. The number of nitrogens with one attached hydrogen (secondary N) is 2. The zero-order valence-electron chi connectivity index (χ0n) is 13.4. The summed E-state index contributed by atoms with van der Waals surface area (Å²) in [6.45, 7) is 0.572. The number of para-hydroxylation sites is 1. The topological polar surface area (TPSA) is 86.9 Å². The number of aromatic amines is 2. The van der Waals surface area contributed by atoms with E-state index >= 15 is 0 Å². The first kappa shape index (κ1) is 14.9. The van der Waals surface area contributed by atoms with Crippen LogP contribution in [0.3, 0.4) is 0 Å². The molecule has 2 aromatic heterocycles. The molecule has 2 atom stereocenters. The number of carbonyl (C=O) groups excluding carboxylic acids is 1. The number of hydrogen-bond acceptors (Lipinski definition) is 4. The van der Waals surface area contributed by atoms with Crippen LogP contribution in [-0.2, 0) is 16.0 Å². The smallest absolute Gasteiger partial charge is 0.227 e. The highest BCUT2D eigenvalue weighted by molar-refractivity contribution is 5.89. The molecule has 7 nitrogen and oxygen atoms in total. The second kappa shape index (κ2) is 6.09. The minimum atomic E-state index is -0.116. The van der Waals surface area contributed by atoms with Gasteiger partial charge in [0, 0.05) is 37.2 Å². The number of carbonyl (C=O) groups is 1. The SMILES string of the molecule is CO[C@@H]1C[C@@H](c2ncn[nH]2)N(C(=O)Cc2c[nH]c3ccccc23)C1. The lowest BCUT2D eigenvalue weighted by molar-refractivity contribution is -0.131. The number of ether oxygens (including phenoxy) is 1. The number of hydrogen-bond donors (Lipinski definition) is 2. The zero-order valence-corrected chi connectivity index (χ0v) is 13.4. The van der Waals surface area contributed by atoms with Crippen molar-refractivity contribution in [2.45, 2.75) is 25.0 Å². The van der Waals surface area contributed by atoms with E-state index in [0.29, 0.717) is 18.8 Å². The van der Waals surface area contributed by atoms with Gasteiger partial charge in [0.15, 0.2) is 0 Å². The van der Waals surface area contributed by atoms with E-state index in [1.54, 1.807) is 7.11 Å². The molecular weight excluding hydrogens is 306 g/mol. The average Bonchev–Trinajstić information content (AvgIpc) is 3.34. The van der Waals surface area contributed by atoms with Gasteiger partial charge in [0.25, 0.3) is 0 Å². The molecule has 0 aliphatic carbocycles. The molecule has 0 unspecified atom stereocenters. The van der Waals surface area contributed by atoms with Crippen LogP contribution in [0.2, 0.25) is 0 Å². The lowest BCUT2D eigenvalue weighted by Crippen LogP contribution is -2.33. The van der Waals surface area contributed by atoms with Gasteiger partial charge in [0.2, 0.25) is 5.91 Å². The van der Waals surface area contributed by atoms with Crippen molar-refractivity contribution in [3.63, 3.8) is 0 Å². The fourth-order valence-corrected chi connectivity index (χ4v) is 3.42. The molecule has 1 fully saturated rings. The Balaban J connectivity index is 1.58. The van der Waals surface area contributed by atoms with Crippen LogP contribution in [0.1, 0.15) is 23.9 Å². The number of rotatable bonds is 4. The fourth-order valence-electron chi connectivity index (χ4n) is 3.42. The van der Waals surface area contributed by atoms with E-state index in [1.165, 1.54) is 6.33 Å². The van der Waals surface area contributed by atoms with E-state index in [9.17, 15) is 4.79 Å². The standard InChI is InChI=1S/C17H19N5O2/c1-24-12-7-15(17-19-10-20-21-17)22(9-12)16(23)6-11-8-18-14-5-3-2-4-13(11)14/h2-5,8,10,12,15,18H,6-7,9H2,1H3,(H,19,20,21)/t12-,15+/m1/s1. The number of H-pyrrole nitrogens is 2. The Kier molecular flexibility index (Phi) is 3.78. The molecule has 1 saturated heterocycles. The van der Waals surface area contributed by atoms with Crippen molar-refractivity contribution in [2.75, 3.05) is 13.7 Å². The molecule has 0 radical (unpaired) electrons. The number of fused-ring (bicyclic) bond motifs is 1. The average molecular weight is 325 g/mol. The molecule has 1 aliphatic rings. The maximum absolute atomic E-state index is 12.9. The number of methoxy groups -OCH3 is 1. The lowest BCUT2D eigenvalue weighted by Gasteiger charge is -2.22. The van der Waals surface area contributed by atoms with Crippen LogP contribution < -0.4 is 0 Å². The van der Waals surface area contributed by atoms with Crippen molar-refractivity contribution < 1.29 is 9.53 Å². The quantitative estimate of drug-likeness (QED) is 0.766. The van der Waals surface area contributed by atoms with Crippen LogP contribution in [0.15, 0.2) is 36.8 Å². The molecular formula is C17H19N5O2. The third kappa shape index (κ3) is 2.56. The van der Waals surface area contributed by atoms with Gasteiger partial charge < -0.3 is 14.6 Å². The van der Waals surface area contributed by atoms with Crippen molar-refractivity contribution >= 4 is 16.8 Å². The summed E-state index contributed by atoms with van der Waals surface area (Å²) in [5, 5.41) is 7.88. The van der Waals surface area contributed by atoms with Gasteiger partial charge in [-0.15, -0.1) is 0 Å². The summed E-state index contributed by atoms with van der Waals surface area (Å²) in [6, 6.07) is 7.89. The molecule has 1 aliphatic heterocycles. The Labute approximate surface area is 139 Å². The molecule has 24 heavy (non-hydrogen) atoms. The third-order valence-electron chi connectivity index (χ3n) is 4.68. The number of likely N-dealkylation sites (tertiary alicyclic amines) is 1. The maximum atomic E-state index is 12.9. The minimum absolute atomic E-state index is 0.0204. The summed E-state index contributed by atoms with van der Waals surface area (Å²) < 4.78 is 5.46. The summed E-state index contributed by atoms with van der Waals surface area (Å²) in [4.78, 5) is 22.2. The van der Waals surface area contributed by atoms with E-state index < -0.39 is 0 Å².